The van der Waals surface area contributed by atoms with E-state index < -0.39 is 0 Å². The van der Waals surface area contributed by atoms with Crippen LogP contribution in [0.3, 0.4) is 0 Å². The number of carbonyl (C=O) groups excluding carboxylic acids is 2. The van der Waals surface area contributed by atoms with Crippen LogP contribution in [0, 0.1) is 19.8 Å². The predicted octanol–water partition coefficient (Wildman–Crippen LogP) is 1.85. The summed E-state index contributed by atoms with van der Waals surface area (Å²) in [5, 5.41) is 11.7. The average molecular weight is 401 g/mol. The molecule has 1 aliphatic rings. The van der Waals surface area contributed by atoms with E-state index in [0.717, 1.165) is 36.3 Å². The van der Waals surface area contributed by atoms with Crippen LogP contribution in [0.15, 0.2) is 12.4 Å². The summed E-state index contributed by atoms with van der Waals surface area (Å²) in [4.78, 5) is 27.0. The zero-order chi connectivity index (χ0) is 21.1. The van der Waals surface area contributed by atoms with Crippen LogP contribution in [0.4, 0.5) is 0 Å². The summed E-state index contributed by atoms with van der Waals surface area (Å²) in [6.45, 7) is 10.5. The van der Waals surface area contributed by atoms with Gasteiger partial charge in [-0.15, -0.1) is 0 Å². The predicted molar refractivity (Wildman–Crippen MR) is 111 cm³/mol. The molecule has 2 aromatic heterocycles. The largest absolute Gasteiger partial charge is 0.349 e. The third kappa shape index (κ3) is 5.05. The van der Waals surface area contributed by atoms with Gasteiger partial charge in [-0.05, 0) is 32.6 Å². The van der Waals surface area contributed by atoms with Crippen molar-refractivity contribution in [3.8, 4) is 0 Å². The molecule has 1 aliphatic heterocycles. The molecule has 2 amide bonds. The van der Waals surface area contributed by atoms with Crippen LogP contribution >= 0.6 is 0 Å². The molecule has 1 fully saturated rings. The average Bonchev–Trinajstić information content (AvgIpc) is 3.21. The molecule has 3 rings (SSSR count). The first-order valence-corrected chi connectivity index (χ1v) is 10.3. The minimum atomic E-state index is -0.105. The Morgan fingerprint density at radius 3 is 2.52 bits per heavy atom. The molecular formula is C21H32N6O2. The van der Waals surface area contributed by atoms with Gasteiger partial charge in [-0.25, -0.2) is 0 Å². The van der Waals surface area contributed by atoms with E-state index in [-0.39, 0.29) is 17.9 Å². The lowest BCUT2D eigenvalue weighted by molar-refractivity contribution is -0.131. The van der Waals surface area contributed by atoms with Crippen molar-refractivity contribution in [1.82, 2.24) is 29.8 Å². The van der Waals surface area contributed by atoms with E-state index in [9.17, 15) is 9.59 Å². The molecule has 158 valence electrons. The Balaban J connectivity index is 1.53. The first-order valence-electron chi connectivity index (χ1n) is 10.3. The Morgan fingerprint density at radius 1 is 1.24 bits per heavy atom. The van der Waals surface area contributed by atoms with Crippen molar-refractivity contribution in [2.45, 2.75) is 59.5 Å². The third-order valence-electron chi connectivity index (χ3n) is 5.55. The molecular weight excluding hydrogens is 368 g/mol. The fraction of sp³-hybridized carbons (Fsp3) is 0.619. The molecule has 2 aromatic rings. The molecule has 3 heterocycles. The zero-order valence-corrected chi connectivity index (χ0v) is 18.1. The second kappa shape index (κ2) is 8.80. The van der Waals surface area contributed by atoms with Crippen LogP contribution in [-0.4, -0.2) is 55.4 Å². The molecule has 8 nitrogen and oxygen atoms in total. The maximum atomic E-state index is 12.8. The van der Waals surface area contributed by atoms with Crippen molar-refractivity contribution in [3.05, 3.63) is 34.9 Å². The first kappa shape index (κ1) is 21.1. The van der Waals surface area contributed by atoms with Gasteiger partial charge in [0.15, 0.2) is 0 Å². The number of carbonyl (C=O) groups is 2. The van der Waals surface area contributed by atoms with Crippen LogP contribution in [0.2, 0.25) is 0 Å². The quantitative estimate of drug-likeness (QED) is 0.802. The van der Waals surface area contributed by atoms with E-state index in [2.05, 4.69) is 29.4 Å². The van der Waals surface area contributed by atoms with Crippen molar-refractivity contribution in [1.29, 1.82) is 0 Å². The lowest BCUT2D eigenvalue weighted by Crippen LogP contribution is -2.47. The Kier molecular flexibility index (Phi) is 6.39. The van der Waals surface area contributed by atoms with Crippen molar-refractivity contribution in [2.24, 2.45) is 13.0 Å². The number of rotatable bonds is 6. The van der Waals surface area contributed by atoms with E-state index >= 15 is 0 Å². The highest BCUT2D eigenvalue weighted by molar-refractivity contribution is 5.93. The number of aromatic nitrogens is 4. The molecule has 0 radical (unpaired) electrons. The van der Waals surface area contributed by atoms with Gasteiger partial charge in [-0.1, -0.05) is 13.8 Å². The number of likely N-dealkylation sites (tertiary alicyclic amines) is 1. The highest BCUT2D eigenvalue weighted by Crippen LogP contribution is 2.18. The minimum Gasteiger partial charge on any atom is -0.349 e. The molecule has 0 atom stereocenters. The summed E-state index contributed by atoms with van der Waals surface area (Å²) in [7, 11) is 1.79. The van der Waals surface area contributed by atoms with Gasteiger partial charge in [-0.2, -0.15) is 10.2 Å². The molecule has 0 saturated carbocycles. The first-order chi connectivity index (χ1) is 13.7. The van der Waals surface area contributed by atoms with E-state index in [0.29, 0.717) is 31.0 Å². The number of hydrogen-bond donors (Lipinski definition) is 1. The van der Waals surface area contributed by atoms with Crippen molar-refractivity contribution >= 4 is 11.8 Å². The summed E-state index contributed by atoms with van der Waals surface area (Å²) in [5.74, 6) is 0.543. The van der Waals surface area contributed by atoms with E-state index in [1.54, 1.807) is 24.1 Å². The third-order valence-corrected chi connectivity index (χ3v) is 5.55. The zero-order valence-electron chi connectivity index (χ0n) is 18.1. The second-order valence-electron chi connectivity index (χ2n) is 8.43. The Bertz CT molecular complexity index is 874. The van der Waals surface area contributed by atoms with Crippen LogP contribution in [0.1, 0.15) is 54.0 Å². The maximum Gasteiger partial charge on any atom is 0.254 e. The van der Waals surface area contributed by atoms with Gasteiger partial charge in [0.1, 0.15) is 0 Å². The topological polar surface area (TPSA) is 85.1 Å². The molecule has 8 heteroatoms. The molecule has 0 bridgehead atoms. The number of nitrogens with one attached hydrogen (secondary N) is 1. The van der Waals surface area contributed by atoms with E-state index in [1.807, 2.05) is 23.4 Å². The Hall–Kier alpha value is -2.64. The van der Waals surface area contributed by atoms with Crippen LogP contribution in [0.25, 0.3) is 0 Å². The molecule has 1 N–H and O–H groups in total. The summed E-state index contributed by atoms with van der Waals surface area (Å²) < 4.78 is 3.63. The summed E-state index contributed by atoms with van der Waals surface area (Å²) in [6.07, 6.45) is 5.20. The molecule has 0 spiro atoms. The Morgan fingerprint density at radius 2 is 1.93 bits per heavy atom. The van der Waals surface area contributed by atoms with Crippen molar-refractivity contribution in [2.75, 3.05) is 13.1 Å². The Labute approximate surface area is 172 Å². The normalized spacial score (nSPS) is 15.2. The van der Waals surface area contributed by atoms with Gasteiger partial charge in [0.25, 0.3) is 5.91 Å². The smallest absolute Gasteiger partial charge is 0.254 e. The molecule has 1 saturated heterocycles. The van der Waals surface area contributed by atoms with Gasteiger partial charge < -0.3 is 10.2 Å². The molecule has 29 heavy (non-hydrogen) atoms. The van der Waals surface area contributed by atoms with Crippen molar-refractivity contribution in [3.63, 3.8) is 0 Å². The number of piperidine rings is 1. The fourth-order valence-electron chi connectivity index (χ4n) is 3.86. The minimum absolute atomic E-state index is 0.0871. The molecule has 0 unspecified atom stereocenters. The van der Waals surface area contributed by atoms with Gasteiger partial charge in [0, 0.05) is 50.2 Å². The fourth-order valence-corrected chi connectivity index (χ4v) is 3.86. The van der Waals surface area contributed by atoms with Gasteiger partial charge in [0.05, 0.1) is 23.9 Å². The van der Waals surface area contributed by atoms with Gasteiger partial charge in [-0.3, -0.25) is 19.0 Å². The lowest BCUT2D eigenvalue weighted by Gasteiger charge is -2.32. The summed E-state index contributed by atoms with van der Waals surface area (Å²) in [6, 6.07) is 0.0871. The second-order valence-corrected chi connectivity index (χ2v) is 8.43. The van der Waals surface area contributed by atoms with Gasteiger partial charge in [0.2, 0.25) is 5.91 Å². The maximum absolute atomic E-state index is 12.8. The highest BCUT2D eigenvalue weighted by atomic mass is 16.2. The van der Waals surface area contributed by atoms with Crippen LogP contribution in [0.5, 0.6) is 0 Å². The standard InChI is InChI=1S/C21H32N6O2/c1-14(2)12-27-16(4)19(15(3)24-27)10-20(28)26-8-6-18(7-9-26)23-21(29)17-11-22-25(5)13-17/h11,13-14,18H,6-10,12H2,1-5H3,(H,23,29). The number of nitrogens with zero attached hydrogens (tertiary/aromatic N) is 5. The molecule has 0 aromatic carbocycles. The number of amides is 2. The van der Waals surface area contributed by atoms with E-state index in [4.69, 9.17) is 0 Å². The van der Waals surface area contributed by atoms with E-state index in [1.165, 1.54) is 0 Å². The van der Waals surface area contributed by atoms with Gasteiger partial charge >= 0.3 is 0 Å². The number of hydrogen-bond acceptors (Lipinski definition) is 4. The summed E-state index contributed by atoms with van der Waals surface area (Å²) in [5.41, 5.74) is 3.64. The highest BCUT2D eigenvalue weighted by Gasteiger charge is 2.26. The lowest BCUT2D eigenvalue weighted by atomic mass is 10.0. The van der Waals surface area contributed by atoms with Crippen molar-refractivity contribution < 1.29 is 9.59 Å². The number of aryl methyl sites for hydroxylation is 2. The van der Waals surface area contributed by atoms with Crippen LogP contribution in [-0.2, 0) is 24.8 Å². The monoisotopic (exact) mass is 400 g/mol. The summed E-state index contributed by atoms with van der Waals surface area (Å²) >= 11 is 0. The van der Waals surface area contributed by atoms with Crippen LogP contribution < -0.4 is 5.32 Å². The molecule has 0 aliphatic carbocycles. The SMILES string of the molecule is Cc1nn(CC(C)C)c(C)c1CC(=O)N1CCC(NC(=O)c2cnn(C)c2)CC1.